The van der Waals surface area contributed by atoms with Gasteiger partial charge in [-0.1, -0.05) is 23.7 Å². The third kappa shape index (κ3) is 5.60. The van der Waals surface area contributed by atoms with Crippen LogP contribution in [0.25, 0.3) is 11.4 Å². The van der Waals surface area contributed by atoms with Crippen molar-refractivity contribution >= 4 is 23.5 Å². The van der Waals surface area contributed by atoms with Crippen LogP contribution in [0.5, 0.6) is 11.5 Å². The molecule has 0 radical (unpaired) electrons. The number of carbonyl (C=O) groups is 2. The monoisotopic (exact) mass is 509 g/mol. The quantitative estimate of drug-likeness (QED) is 0.387. The zero-order valence-corrected chi connectivity index (χ0v) is 21.0. The Bertz CT molecular complexity index is 1200. The van der Waals surface area contributed by atoms with Crippen LogP contribution in [-0.4, -0.2) is 59.7 Å². The van der Waals surface area contributed by atoms with E-state index in [-0.39, 0.29) is 25.7 Å². The highest BCUT2D eigenvalue weighted by Crippen LogP contribution is 2.35. The van der Waals surface area contributed by atoms with Crippen molar-refractivity contribution in [2.45, 2.75) is 20.3 Å². The molecule has 9 heteroatoms. The summed E-state index contributed by atoms with van der Waals surface area (Å²) in [5.41, 5.74) is 0.290. The predicted octanol–water partition coefficient (Wildman–Crippen LogP) is 4.67. The molecular formula is C27H28ClN3O5. The molecule has 36 heavy (non-hydrogen) atoms. The number of amides is 1. The summed E-state index contributed by atoms with van der Waals surface area (Å²) in [5.74, 6) is 0.887. The van der Waals surface area contributed by atoms with Gasteiger partial charge in [0.25, 0.3) is 5.91 Å². The van der Waals surface area contributed by atoms with Crippen molar-refractivity contribution in [3.05, 3.63) is 71.5 Å². The first-order chi connectivity index (χ1) is 17.5. The van der Waals surface area contributed by atoms with Crippen LogP contribution in [0.1, 0.15) is 30.6 Å². The normalized spacial score (nSPS) is 17.0. The van der Waals surface area contributed by atoms with Crippen LogP contribution >= 0.6 is 11.6 Å². The van der Waals surface area contributed by atoms with E-state index in [1.807, 2.05) is 25.1 Å². The van der Waals surface area contributed by atoms with Gasteiger partial charge in [-0.05, 0) is 56.7 Å². The first-order valence-electron chi connectivity index (χ1n) is 11.8. The number of rotatable bonds is 9. The number of esters is 1. The van der Waals surface area contributed by atoms with Crippen LogP contribution in [-0.2, 0) is 9.53 Å². The second kappa shape index (κ2) is 11.4. The molecule has 1 fully saturated rings. The molecular weight excluding hydrogens is 482 g/mol. The number of benzene rings is 2. The van der Waals surface area contributed by atoms with E-state index < -0.39 is 11.4 Å². The Morgan fingerprint density at radius 1 is 1.00 bits per heavy atom. The van der Waals surface area contributed by atoms with Gasteiger partial charge in [0.05, 0.1) is 31.2 Å². The third-order valence-electron chi connectivity index (χ3n) is 6.01. The summed E-state index contributed by atoms with van der Waals surface area (Å²) in [6.07, 6.45) is 3.54. The van der Waals surface area contributed by atoms with Crippen LogP contribution in [0.15, 0.2) is 60.9 Å². The molecule has 1 aliphatic rings. The maximum Gasteiger partial charge on any atom is 0.317 e. The van der Waals surface area contributed by atoms with Gasteiger partial charge in [-0.2, -0.15) is 0 Å². The molecule has 4 rings (SSSR count). The Morgan fingerprint density at radius 2 is 1.72 bits per heavy atom. The molecule has 1 amide bonds. The fourth-order valence-electron chi connectivity index (χ4n) is 4.13. The molecule has 188 valence electrons. The fraction of sp³-hybridized carbons (Fsp3) is 0.333. The molecule has 0 bridgehead atoms. The van der Waals surface area contributed by atoms with Gasteiger partial charge in [-0.25, -0.2) is 9.97 Å². The Kier molecular flexibility index (Phi) is 8.05. The molecule has 1 atom stereocenters. The molecule has 1 saturated heterocycles. The van der Waals surface area contributed by atoms with Gasteiger partial charge >= 0.3 is 5.97 Å². The predicted molar refractivity (Wildman–Crippen MR) is 135 cm³/mol. The lowest BCUT2D eigenvalue weighted by molar-refractivity contribution is -0.156. The van der Waals surface area contributed by atoms with Crippen molar-refractivity contribution in [1.29, 1.82) is 0 Å². The van der Waals surface area contributed by atoms with E-state index in [9.17, 15) is 9.59 Å². The van der Waals surface area contributed by atoms with Gasteiger partial charge in [0.2, 0.25) is 0 Å². The summed E-state index contributed by atoms with van der Waals surface area (Å²) in [6, 6.07) is 14.3. The fourth-order valence-corrected chi connectivity index (χ4v) is 4.25. The standard InChI is InChI=1S/C27H28ClN3O5/c1-3-34-23-8-6-5-7-22(23)25(32)31-14-13-27(17-31,26(33)35-4-2)18-36-21-15-29-24(30-16-21)19-9-11-20(28)12-10-19/h5-12,15-16H,3-4,13-14,17-18H2,1-2H3. The number of hydrogen-bond donors (Lipinski definition) is 0. The van der Waals surface area contributed by atoms with Gasteiger partial charge in [-0.3, -0.25) is 9.59 Å². The number of hydrogen-bond acceptors (Lipinski definition) is 7. The molecule has 0 spiro atoms. The van der Waals surface area contributed by atoms with Crippen molar-refractivity contribution in [1.82, 2.24) is 14.9 Å². The summed E-state index contributed by atoms with van der Waals surface area (Å²) in [4.78, 5) is 36.7. The first-order valence-corrected chi connectivity index (χ1v) is 12.2. The van der Waals surface area contributed by atoms with E-state index in [1.54, 1.807) is 54.5 Å². The van der Waals surface area contributed by atoms with E-state index in [2.05, 4.69) is 9.97 Å². The number of para-hydroxylation sites is 1. The van der Waals surface area contributed by atoms with Gasteiger partial charge in [-0.15, -0.1) is 0 Å². The van der Waals surface area contributed by atoms with Crippen LogP contribution in [0.3, 0.4) is 0 Å². The van der Waals surface area contributed by atoms with E-state index in [0.717, 1.165) is 5.56 Å². The first kappa shape index (κ1) is 25.4. The van der Waals surface area contributed by atoms with Crippen LogP contribution in [0, 0.1) is 5.41 Å². The summed E-state index contributed by atoms with van der Waals surface area (Å²) in [5, 5.41) is 0.633. The lowest BCUT2D eigenvalue weighted by Crippen LogP contribution is -2.42. The average molecular weight is 510 g/mol. The van der Waals surface area contributed by atoms with Gasteiger partial charge < -0.3 is 19.1 Å². The highest BCUT2D eigenvalue weighted by atomic mass is 35.5. The molecule has 0 saturated carbocycles. The minimum Gasteiger partial charge on any atom is -0.493 e. The summed E-state index contributed by atoms with van der Waals surface area (Å²) in [7, 11) is 0. The molecule has 1 aromatic heterocycles. The van der Waals surface area contributed by atoms with Crippen LogP contribution in [0.4, 0.5) is 0 Å². The lowest BCUT2D eigenvalue weighted by atomic mass is 9.88. The van der Waals surface area contributed by atoms with E-state index in [4.69, 9.17) is 25.8 Å². The maximum absolute atomic E-state index is 13.3. The van der Waals surface area contributed by atoms with Gasteiger partial charge in [0, 0.05) is 23.7 Å². The number of aromatic nitrogens is 2. The van der Waals surface area contributed by atoms with Crippen LogP contribution < -0.4 is 9.47 Å². The molecule has 3 aromatic rings. The molecule has 2 aromatic carbocycles. The Hall–Kier alpha value is -3.65. The van der Waals surface area contributed by atoms with E-state index in [1.165, 1.54) is 0 Å². The summed E-state index contributed by atoms with van der Waals surface area (Å²) >= 11 is 5.95. The van der Waals surface area contributed by atoms with Crippen molar-refractivity contribution in [3.63, 3.8) is 0 Å². The topological polar surface area (TPSA) is 90.9 Å². The highest BCUT2D eigenvalue weighted by molar-refractivity contribution is 6.30. The molecule has 2 heterocycles. The van der Waals surface area contributed by atoms with Crippen molar-refractivity contribution in [2.75, 3.05) is 32.9 Å². The SMILES string of the molecule is CCOC(=O)C1(COc2cnc(-c3ccc(Cl)cc3)nc2)CCN(C(=O)c2ccccc2OCC)C1. The van der Waals surface area contributed by atoms with Crippen LogP contribution in [0.2, 0.25) is 5.02 Å². The number of nitrogens with zero attached hydrogens (tertiary/aromatic N) is 3. The van der Waals surface area contributed by atoms with Crippen molar-refractivity contribution < 1.29 is 23.8 Å². The lowest BCUT2D eigenvalue weighted by Gasteiger charge is -2.27. The van der Waals surface area contributed by atoms with Gasteiger partial charge in [0.15, 0.2) is 11.6 Å². The Balaban J connectivity index is 1.48. The van der Waals surface area contributed by atoms with Crippen molar-refractivity contribution in [2.24, 2.45) is 5.41 Å². The zero-order chi connectivity index (χ0) is 25.5. The second-order valence-corrected chi connectivity index (χ2v) is 8.88. The number of halogens is 1. The smallest absolute Gasteiger partial charge is 0.317 e. The Morgan fingerprint density at radius 3 is 2.42 bits per heavy atom. The van der Waals surface area contributed by atoms with Crippen molar-refractivity contribution in [3.8, 4) is 22.9 Å². The third-order valence-corrected chi connectivity index (χ3v) is 6.26. The number of likely N-dealkylation sites (tertiary alicyclic amines) is 1. The Labute approximate surface area is 215 Å². The summed E-state index contributed by atoms with van der Waals surface area (Å²) < 4.78 is 17.0. The average Bonchev–Trinajstić information content (AvgIpc) is 3.34. The summed E-state index contributed by atoms with van der Waals surface area (Å²) in [6.45, 7) is 4.91. The molecule has 1 unspecified atom stereocenters. The van der Waals surface area contributed by atoms with E-state index in [0.29, 0.717) is 47.5 Å². The largest absolute Gasteiger partial charge is 0.493 e. The zero-order valence-electron chi connectivity index (χ0n) is 20.3. The number of ether oxygens (including phenoxy) is 3. The molecule has 0 N–H and O–H groups in total. The minimum absolute atomic E-state index is 0.0341. The van der Waals surface area contributed by atoms with Gasteiger partial charge in [0.1, 0.15) is 17.8 Å². The molecule has 8 nitrogen and oxygen atoms in total. The van der Waals surface area contributed by atoms with E-state index >= 15 is 0 Å². The second-order valence-electron chi connectivity index (χ2n) is 8.44. The minimum atomic E-state index is -0.999. The number of carbonyl (C=O) groups excluding carboxylic acids is 2. The highest BCUT2D eigenvalue weighted by Gasteiger charge is 2.48. The molecule has 0 aliphatic carbocycles. The maximum atomic E-state index is 13.3. The molecule has 1 aliphatic heterocycles.